The summed E-state index contributed by atoms with van der Waals surface area (Å²) in [5, 5.41) is 0. The molecule has 1 aromatic heterocycles. The zero-order valence-corrected chi connectivity index (χ0v) is 11.4. The topological polar surface area (TPSA) is 54.6 Å². The summed E-state index contributed by atoms with van der Waals surface area (Å²) in [4.78, 5) is 9.05. The highest BCUT2D eigenvalue weighted by Crippen LogP contribution is 2.25. The Morgan fingerprint density at radius 1 is 1.44 bits per heavy atom. The van der Waals surface area contributed by atoms with E-state index >= 15 is 0 Å². The third-order valence-corrected chi connectivity index (χ3v) is 3.52. The predicted molar refractivity (Wildman–Crippen MR) is 74.1 cm³/mol. The fraction of sp³-hybridized carbons (Fsp3) is 0.615. The summed E-state index contributed by atoms with van der Waals surface area (Å²) in [6.07, 6.45) is 2.44. The molecule has 5 heteroatoms. The molecule has 1 fully saturated rings. The van der Waals surface area contributed by atoms with E-state index in [9.17, 15) is 0 Å². The molecule has 0 aliphatic carbocycles. The number of piperidine rings is 1. The van der Waals surface area contributed by atoms with Crippen molar-refractivity contribution in [3.8, 4) is 5.88 Å². The predicted octanol–water partition coefficient (Wildman–Crippen LogP) is 1.20. The van der Waals surface area contributed by atoms with E-state index in [0.717, 1.165) is 18.9 Å². The summed E-state index contributed by atoms with van der Waals surface area (Å²) in [5.41, 5.74) is 6.38. The Labute approximate surface area is 109 Å². The van der Waals surface area contributed by atoms with Crippen molar-refractivity contribution in [1.82, 2.24) is 9.88 Å². The standard InChI is InChI=1S/C13H22N4O/c1-16(2)10-5-4-8-17(9-10)12-7-6-11(14)13(15-12)18-3/h6-7,10H,4-5,8-9,14H2,1-3H3. The first kappa shape index (κ1) is 13.0. The quantitative estimate of drug-likeness (QED) is 0.873. The van der Waals surface area contributed by atoms with Crippen molar-refractivity contribution in [1.29, 1.82) is 0 Å². The number of nitrogen functional groups attached to an aromatic ring is 1. The minimum Gasteiger partial charge on any atom is -0.479 e. The monoisotopic (exact) mass is 250 g/mol. The van der Waals surface area contributed by atoms with Gasteiger partial charge in [0, 0.05) is 19.1 Å². The number of pyridine rings is 1. The number of anilines is 2. The number of rotatable bonds is 3. The van der Waals surface area contributed by atoms with E-state index < -0.39 is 0 Å². The van der Waals surface area contributed by atoms with Crippen molar-refractivity contribution in [2.24, 2.45) is 0 Å². The van der Waals surface area contributed by atoms with Crippen molar-refractivity contribution in [2.75, 3.05) is 44.9 Å². The maximum absolute atomic E-state index is 5.79. The molecule has 2 N–H and O–H groups in total. The smallest absolute Gasteiger partial charge is 0.238 e. The number of nitrogens with two attached hydrogens (primary N) is 1. The molecule has 1 saturated heterocycles. The maximum Gasteiger partial charge on any atom is 0.238 e. The van der Waals surface area contributed by atoms with Crippen LogP contribution in [0.4, 0.5) is 11.5 Å². The zero-order valence-electron chi connectivity index (χ0n) is 11.4. The first-order valence-corrected chi connectivity index (χ1v) is 6.33. The minimum atomic E-state index is 0.513. The van der Waals surface area contributed by atoms with Crippen molar-refractivity contribution >= 4 is 11.5 Å². The summed E-state index contributed by atoms with van der Waals surface area (Å²) in [5.74, 6) is 1.46. The number of hydrogen-bond donors (Lipinski definition) is 1. The van der Waals surface area contributed by atoms with Crippen LogP contribution in [0.5, 0.6) is 5.88 Å². The molecular weight excluding hydrogens is 228 g/mol. The van der Waals surface area contributed by atoms with Gasteiger partial charge in [0.15, 0.2) is 0 Å². The average Bonchev–Trinajstić information content (AvgIpc) is 2.39. The normalized spacial score (nSPS) is 20.2. The summed E-state index contributed by atoms with van der Waals surface area (Å²) >= 11 is 0. The number of hydrogen-bond acceptors (Lipinski definition) is 5. The van der Waals surface area contributed by atoms with Crippen LogP contribution in [0.25, 0.3) is 0 Å². The van der Waals surface area contributed by atoms with Gasteiger partial charge in [0.25, 0.3) is 0 Å². The van der Waals surface area contributed by atoms with Crippen LogP contribution in [0.2, 0.25) is 0 Å². The Balaban J connectivity index is 2.15. The lowest BCUT2D eigenvalue weighted by molar-refractivity contribution is 0.257. The molecule has 100 valence electrons. The summed E-state index contributed by atoms with van der Waals surface area (Å²) in [6.45, 7) is 2.05. The molecule has 1 aliphatic heterocycles. The Morgan fingerprint density at radius 2 is 2.22 bits per heavy atom. The molecular formula is C13H22N4O. The first-order chi connectivity index (χ1) is 8.61. The molecule has 0 saturated carbocycles. The molecule has 0 amide bonds. The molecule has 0 radical (unpaired) electrons. The lowest BCUT2D eigenvalue weighted by Crippen LogP contribution is -2.45. The van der Waals surface area contributed by atoms with Crippen LogP contribution in [0.3, 0.4) is 0 Å². The molecule has 2 heterocycles. The van der Waals surface area contributed by atoms with Crippen LogP contribution in [0, 0.1) is 0 Å². The van der Waals surface area contributed by atoms with E-state index in [1.165, 1.54) is 12.8 Å². The molecule has 0 aromatic carbocycles. The van der Waals surface area contributed by atoms with Crippen molar-refractivity contribution in [2.45, 2.75) is 18.9 Å². The van der Waals surface area contributed by atoms with Crippen LogP contribution in [-0.4, -0.2) is 50.2 Å². The lowest BCUT2D eigenvalue weighted by atomic mass is 10.1. The summed E-state index contributed by atoms with van der Waals surface area (Å²) < 4.78 is 5.18. The van der Waals surface area contributed by atoms with Crippen LogP contribution in [-0.2, 0) is 0 Å². The zero-order chi connectivity index (χ0) is 13.1. The van der Waals surface area contributed by atoms with E-state index in [1.807, 2.05) is 12.1 Å². The van der Waals surface area contributed by atoms with Gasteiger partial charge in [-0.05, 0) is 39.1 Å². The van der Waals surface area contributed by atoms with Crippen molar-refractivity contribution in [3.05, 3.63) is 12.1 Å². The molecule has 5 nitrogen and oxygen atoms in total. The molecule has 1 unspecified atom stereocenters. The molecule has 1 atom stereocenters. The fourth-order valence-electron chi connectivity index (χ4n) is 2.37. The van der Waals surface area contributed by atoms with Gasteiger partial charge < -0.3 is 20.3 Å². The van der Waals surface area contributed by atoms with Gasteiger partial charge in [0.1, 0.15) is 5.82 Å². The second-order valence-corrected chi connectivity index (χ2v) is 4.97. The van der Waals surface area contributed by atoms with Gasteiger partial charge in [-0.3, -0.25) is 0 Å². The highest BCUT2D eigenvalue weighted by molar-refractivity contribution is 5.54. The molecule has 2 rings (SSSR count). The highest BCUT2D eigenvalue weighted by Gasteiger charge is 2.22. The van der Waals surface area contributed by atoms with E-state index in [1.54, 1.807) is 7.11 Å². The number of likely N-dealkylation sites (N-methyl/N-ethyl adjacent to an activating group) is 1. The Kier molecular flexibility index (Phi) is 3.91. The summed E-state index contributed by atoms with van der Waals surface area (Å²) in [6, 6.07) is 4.42. The third-order valence-electron chi connectivity index (χ3n) is 3.52. The van der Waals surface area contributed by atoms with Gasteiger partial charge in [-0.15, -0.1) is 0 Å². The maximum atomic E-state index is 5.79. The first-order valence-electron chi connectivity index (χ1n) is 6.33. The van der Waals surface area contributed by atoms with Gasteiger partial charge in [0.05, 0.1) is 12.8 Å². The Bertz CT molecular complexity index is 408. The molecule has 1 aliphatic rings. The van der Waals surface area contributed by atoms with Gasteiger partial charge in [-0.1, -0.05) is 0 Å². The molecule has 0 bridgehead atoms. The molecule has 1 aromatic rings. The number of aromatic nitrogens is 1. The van der Waals surface area contributed by atoms with Crippen molar-refractivity contribution < 1.29 is 4.74 Å². The summed E-state index contributed by atoms with van der Waals surface area (Å²) in [7, 11) is 5.86. The minimum absolute atomic E-state index is 0.513. The largest absolute Gasteiger partial charge is 0.479 e. The van der Waals surface area contributed by atoms with Gasteiger partial charge in [-0.2, -0.15) is 4.98 Å². The van der Waals surface area contributed by atoms with Gasteiger partial charge in [0.2, 0.25) is 5.88 Å². The van der Waals surface area contributed by atoms with E-state index in [2.05, 4.69) is 28.9 Å². The lowest BCUT2D eigenvalue weighted by Gasteiger charge is -2.36. The third kappa shape index (κ3) is 2.67. The Hall–Kier alpha value is -1.49. The Morgan fingerprint density at radius 3 is 2.89 bits per heavy atom. The number of methoxy groups -OCH3 is 1. The van der Waals surface area contributed by atoms with Crippen LogP contribution in [0.1, 0.15) is 12.8 Å². The fourth-order valence-corrected chi connectivity index (χ4v) is 2.37. The molecule has 0 spiro atoms. The van der Waals surface area contributed by atoms with E-state index in [0.29, 0.717) is 17.6 Å². The second kappa shape index (κ2) is 5.44. The second-order valence-electron chi connectivity index (χ2n) is 4.97. The van der Waals surface area contributed by atoms with Crippen molar-refractivity contribution in [3.63, 3.8) is 0 Å². The SMILES string of the molecule is COc1nc(N2CCCC(N(C)C)C2)ccc1N. The van der Waals surface area contributed by atoms with Gasteiger partial charge in [-0.25, -0.2) is 0 Å². The van der Waals surface area contributed by atoms with Gasteiger partial charge >= 0.3 is 0 Å². The van der Waals surface area contributed by atoms with E-state index in [-0.39, 0.29) is 0 Å². The van der Waals surface area contributed by atoms with E-state index in [4.69, 9.17) is 10.5 Å². The average molecular weight is 250 g/mol. The highest BCUT2D eigenvalue weighted by atomic mass is 16.5. The van der Waals surface area contributed by atoms with Crippen LogP contribution in [0.15, 0.2) is 12.1 Å². The number of ether oxygens (including phenoxy) is 1. The van der Waals surface area contributed by atoms with Crippen LogP contribution < -0.4 is 15.4 Å². The van der Waals surface area contributed by atoms with Crippen LogP contribution >= 0.6 is 0 Å². The molecule has 18 heavy (non-hydrogen) atoms. The number of nitrogens with zero attached hydrogens (tertiary/aromatic N) is 3.